The van der Waals surface area contributed by atoms with E-state index in [1.54, 1.807) is 19.1 Å². The van der Waals surface area contributed by atoms with Gasteiger partial charge in [0.25, 0.3) is 0 Å². The molecule has 0 fully saturated rings. The van der Waals surface area contributed by atoms with E-state index in [9.17, 15) is 4.79 Å². The van der Waals surface area contributed by atoms with Gasteiger partial charge in [0.1, 0.15) is 6.54 Å². The summed E-state index contributed by atoms with van der Waals surface area (Å²) in [5.41, 5.74) is 0. The lowest BCUT2D eigenvalue weighted by Gasteiger charge is -2.13. The zero-order valence-electron chi connectivity index (χ0n) is 12.5. The average molecular weight is 285 g/mol. The number of likely N-dealkylation sites (N-methyl/N-ethyl adjacent to an activating group) is 1. The van der Waals surface area contributed by atoms with Crippen LogP contribution in [0.1, 0.15) is 25.8 Å². The Morgan fingerprint density at radius 1 is 1.50 bits per heavy atom. The summed E-state index contributed by atoms with van der Waals surface area (Å²) in [5, 5.41) is 13.8. The van der Waals surface area contributed by atoms with Gasteiger partial charge in [-0.15, -0.1) is 5.10 Å². The van der Waals surface area contributed by atoms with E-state index >= 15 is 0 Å². The van der Waals surface area contributed by atoms with E-state index in [0.717, 1.165) is 6.54 Å². The number of nitrogens with zero attached hydrogens (tertiary/aromatic N) is 3. The summed E-state index contributed by atoms with van der Waals surface area (Å²) < 4.78 is 10.4. The quantitative estimate of drug-likeness (QED) is 0.614. The van der Waals surface area contributed by atoms with Crippen LogP contribution in [0.2, 0.25) is 0 Å². The highest BCUT2D eigenvalue weighted by atomic mass is 16.5. The van der Waals surface area contributed by atoms with Crippen LogP contribution < -0.4 is 15.5 Å². The van der Waals surface area contributed by atoms with Crippen molar-refractivity contribution in [2.45, 2.75) is 19.9 Å². The molecule has 1 aromatic rings. The number of ether oxygens (including phenoxy) is 1. The van der Waals surface area contributed by atoms with Gasteiger partial charge in [-0.1, -0.05) is 12.0 Å². The van der Waals surface area contributed by atoms with Crippen LogP contribution in [0.4, 0.5) is 6.01 Å². The first-order chi connectivity index (χ1) is 9.58. The van der Waals surface area contributed by atoms with Crippen molar-refractivity contribution in [3.63, 3.8) is 0 Å². The molecule has 1 unspecified atom stereocenters. The maximum atomic E-state index is 11.6. The number of aromatic nitrogens is 2. The van der Waals surface area contributed by atoms with Crippen LogP contribution in [0.25, 0.3) is 0 Å². The molecule has 1 aromatic heterocycles. The lowest BCUT2D eigenvalue weighted by Crippen LogP contribution is -2.36. The summed E-state index contributed by atoms with van der Waals surface area (Å²) in [6, 6.07) is 0.317. The second kappa shape index (κ2) is 8.49. The molecule has 1 heterocycles. The van der Waals surface area contributed by atoms with Crippen LogP contribution in [0, 0.1) is 0 Å². The number of nitrogens with one attached hydrogen (secondary N) is 2. The SMILES string of the molecule is CCNC(C)c1nnc(N(C)CC(=O)NCCOC)o1. The molecule has 114 valence electrons. The Morgan fingerprint density at radius 3 is 2.90 bits per heavy atom. The molecule has 0 radical (unpaired) electrons. The molecule has 8 nitrogen and oxygen atoms in total. The van der Waals surface area contributed by atoms with Gasteiger partial charge >= 0.3 is 6.01 Å². The minimum Gasteiger partial charge on any atom is -0.406 e. The molecule has 0 aliphatic heterocycles. The summed E-state index contributed by atoms with van der Waals surface area (Å²) in [5.74, 6) is 0.387. The molecule has 0 aliphatic carbocycles. The van der Waals surface area contributed by atoms with E-state index in [2.05, 4.69) is 20.8 Å². The Morgan fingerprint density at radius 2 is 2.25 bits per heavy atom. The lowest BCUT2D eigenvalue weighted by atomic mass is 10.3. The Labute approximate surface area is 118 Å². The molecule has 8 heteroatoms. The fourth-order valence-corrected chi connectivity index (χ4v) is 1.58. The number of carbonyl (C=O) groups excluding carboxylic acids is 1. The Bertz CT molecular complexity index is 410. The van der Waals surface area contributed by atoms with Crippen molar-refractivity contribution in [1.29, 1.82) is 0 Å². The van der Waals surface area contributed by atoms with Crippen molar-refractivity contribution in [3.05, 3.63) is 5.89 Å². The molecule has 0 saturated carbocycles. The zero-order chi connectivity index (χ0) is 15.0. The molecule has 0 bridgehead atoms. The Hall–Kier alpha value is -1.67. The monoisotopic (exact) mass is 285 g/mol. The highest BCUT2D eigenvalue weighted by Crippen LogP contribution is 2.15. The number of hydrogen-bond donors (Lipinski definition) is 2. The molecule has 0 aliphatic rings. The van der Waals surface area contributed by atoms with E-state index < -0.39 is 0 Å². The van der Waals surface area contributed by atoms with E-state index in [-0.39, 0.29) is 18.5 Å². The highest BCUT2D eigenvalue weighted by Gasteiger charge is 2.16. The molecular formula is C12H23N5O3. The van der Waals surface area contributed by atoms with Gasteiger partial charge in [-0.3, -0.25) is 4.79 Å². The van der Waals surface area contributed by atoms with Gasteiger partial charge in [0.2, 0.25) is 11.8 Å². The predicted octanol–water partition coefficient (Wildman–Crippen LogP) is -0.0611. The van der Waals surface area contributed by atoms with Crippen molar-refractivity contribution in [2.24, 2.45) is 0 Å². The second-order valence-electron chi connectivity index (χ2n) is 4.40. The average Bonchev–Trinajstić information content (AvgIpc) is 2.89. The third-order valence-electron chi connectivity index (χ3n) is 2.65. The molecule has 1 rings (SSSR count). The van der Waals surface area contributed by atoms with Crippen LogP contribution in [-0.2, 0) is 9.53 Å². The number of rotatable bonds is 9. The van der Waals surface area contributed by atoms with Gasteiger partial charge in [-0.25, -0.2) is 0 Å². The summed E-state index contributed by atoms with van der Waals surface area (Å²) in [6.45, 7) is 5.89. The van der Waals surface area contributed by atoms with Crippen LogP contribution in [0.15, 0.2) is 4.42 Å². The van der Waals surface area contributed by atoms with Crippen LogP contribution in [0.3, 0.4) is 0 Å². The van der Waals surface area contributed by atoms with Gasteiger partial charge in [-0.2, -0.15) is 0 Å². The lowest BCUT2D eigenvalue weighted by molar-refractivity contribution is -0.119. The number of amides is 1. The summed E-state index contributed by atoms with van der Waals surface area (Å²) in [7, 11) is 3.31. The number of carbonyl (C=O) groups is 1. The Kier molecular flexibility index (Phi) is 6.96. The normalized spacial score (nSPS) is 12.2. The number of hydrogen-bond acceptors (Lipinski definition) is 7. The van der Waals surface area contributed by atoms with Gasteiger partial charge in [0.05, 0.1) is 12.6 Å². The fraction of sp³-hybridized carbons (Fsp3) is 0.750. The number of anilines is 1. The minimum atomic E-state index is -0.121. The van der Waals surface area contributed by atoms with Crippen LogP contribution >= 0.6 is 0 Å². The molecule has 20 heavy (non-hydrogen) atoms. The molecule has 0 aromatic carbocycles. The third-order valence-corrected chi connectivity index (χ3v) is 2.65. The molecular weight excluding hydrogens is 262 g/mol. The molecule has 0 saturated heterocycles. The molecule has 1 amide bonds. The van der Waals surface area contributed by atoms with Crippen molar-refractivity contribution < 1.29 is 13.9 Å². The third kappa shape index (κ3) is 5.14. The maximum Gasteiger partial charge on any atom is 0.318 e. The number of methoxy groups -OCH3 is 1. The van der Waals surface area contributed by atoms with Crippen molar-refractivity contribution >= 4 is 11.9 Å². The predicted molar refractivity (Wildman–Crippen MR) is 74.5 cm³/mol. The second-order valence-corrected chi connectivity index (χ2v) is 4.40. The van der Waals surface area contributed by atoms with E-state index in [4.69, 9.17) is 9.15 Å². The first kappa shape index (κ1) is 16.4. The van der Waals surface area contributed by atoms with E-state index in [1.165, 1.54) is 0 Å². The van der Waals surface area contributed by atoms with Gasteiger partial charge in [0.15, 0.2) is 0 Å². The van der Waals surface area contributed by atoms with Crippen LogP contribution in [-0.4, -0.2) is 56.5 Å². The fourth-order valence-electron chi connectivity index (χ4n) is 1.58. The molecule has 2 N–H and O–H groups in total. The van der Waals surface area contributed by atoms with Gasteiger partial charge < -0.3 is 24.7 Å². The van der Waals surface area contributed by atoms with E-state index in [1.807, 2.05) is 13.8 Å². The first-order valence-corrected chi connectivity index (χ1v) is 6.62. The standard InChI is InChI=1S/C12H23N5O3/c1-5-13-9(2)11-15-16-12(20-11)17(3)8-10(18)14-6-7-19-4/h9,13H,5-8H2,1-4H3,(H,14,18). The van der Waals surface area contributed by atoms with E-state index in [0.29, 0.717) is 25.1 Å². The summed E-state index contributed by atoms with van der Waals surface area (Å²) >= 11 is 0. The van der Waals surface area contributed by atoms with Gasteiger partial charge in [0, 0.05) is 20.7 Å². The first-order valence-electron chi connectivity index (χ1n) is 6.62. The summed E-state index contributed by atoms with van der Waals surface area (Å²) in [6.07, 6.45) is 0. The Balaban J connectivity index is 2.47. The molecule has 1 atom stereocenters. The van der Waals surface area contributed by atoms with Crippen molar-refractivity contribution in [3.8, 4) is 0 Å². The summed E-state index contributed by atoms with van der Waals surface area (Å²) in [4.78, 5) is 13.2. The topological polar surface area (TPSA) is 92.5 Å². The smallest absolute Gasteiger partial charge is 0.318 e. The van der Waals surface area contributed by atoms with Gasteiger partial charge in [-0.05, 0) is 13.5 Å². The zero-order valence-corrected chi connectivity index (χ0v) is 12.5. The molecule has 0 spiro atoms. The van der Waals surface area contributed by atoms with Crippen molar-refractivity contribution in [1.82, 2.24) is 20.8 Å². The van der Waals surface area contributed by atoms with Crippen LogP contribution in [0.5, 0.6) is 0 Å². The maximum absolute atomic E-state index is 11.6. The minimum absolute atomic E-state index is 0.00909. The van der Waals surface area contributed by atoms with Crippen molar-refractivity contribution in [2.75, 3.05) is 45.3 Å². The highest BCUT2D eigenvalue weighted by molar-refractivity contribution is 5.80. The largest absolute Gasteiger partial charge is 0.406 e.